The van der Waals surface area contributed by atoms with Gasteiger partial charge >= 0.3 is 21.1 Å². The van der Waals surface area contributed by atoms with Crippen molar-refractivity contribution in [1.82, 2.24) is 4.98 Å². The Balaban J connectivity index is 0.000000254. The van der Waals surface area contributed by atoms with Gasteiger partial charge in [-0.05, 0) is 11.8 Å². The number of hydrogen-bond donors (Lipinski definition) is 0. The van der Waals surface area contributed by atoms with Crippen LogP contribution in [0.1, 0.15) is 5.56 Å². The van der Waals surface area contributed by atoms with E-state index >= 15 is 0 Å². The van der Waals surface area contributed by atoms with E-state index in [2.05, 4.69) is 11.1 Å². The fourth-order valence-electron chi connectivity index (χ4n) is 1.84. The molecule has 0 fully saturated rings. The van der Waals surface area contributed by atoms with Crippen molar-refractivity contribution in [3.05, 3.63) is 95.7 Å². The summed E-state index contributed by atoms with van der Waals surface area (Å²) in [4.78, 5) is 3.95. The second kappa shape index (κ2) is 11.0. The standard InChI is InChI=1S/C11H6F2N.C8H8ClO.Pt/c12-8-4-5-9(10(13)7-8)11-3-1-2-6-14-11;1-10-8(9)7-5-3-2-4-6-7;/h1-4,6-7H;2-6H,1H3;/q2*-1;+2. The molecule has 3 aromatic rings. The van der Waals surface area contributed by atoms with E-state index < -0.39 is 11.6 Å². The van der Waals surface area contributed by atoms with E-state index in [1.807, 2.05) is 30.3 Å². The van der Waals surface area contributed by atoms with E-state index in [1.165, 1.54) is 0 Å². The number of rotatable bonds is 3. The molecule has 0 bridgehead atoms. The molecule has 0 saturated carbocycles. The molecule has 0 saturated heterocycles. The van der Waals surface area contributed by atoms with Crippen LogP contribution in [-0.4, -0.2) is 12.1 Å². The van der Waals surface area contributed by atoms with Crippen molar-refractivity contribution in [1.29, 1.82) is 0 Å². The molecule has 25 heavy (non-hydrogen) atoms. The van der Waals surface area contributed by atoms with Gasteiger partial charge in [-0.2, -0.15) is 12.1 Å². The minimum atomic E-state index is -0.649. The van der Waals surface area contributed by atoms with Crippen molar-refractivity contribution in [2.24, 2.45) is 0 Å². The van der Waals surface area contributed by atoms with E-state index in [0.717, 1.165) is 17.7 Å². The summed E-state index contributed by atoms with van der Waals surface area (Å²) in [5, 5.41) is 0. The Kier molecular flexibility index (Phi) is 9.36. The van der Waals surface area contributed by atoms with Crippen molar-refractivity contribution >= 4 is 11.6 Å². The Hall–Kier alpha value is -1.74. The van der Waals surface area contributed by atoms with Gasteiger partial charge in [-0.1, -0.05) is 29.8 Å². The van der Waals surface area contributed by atoms with E-state index in [9.17, 15) is 8.78 Å². The Labute approximate surface area is 165 Å². The number of benzene rings is 2. The summed E-state index contributed by atoms with van der Waals surface area (Å²) in [7, 11) is 1.55. The molecule has 3 rings (SSSR count). The van der Waals surface area contributed by atoms with Gasteiger partial charge in [0.1, 0.15) is 0 Å². The zero-order chi connectivity index (χ0) is 17.4. The predicted molar refractivity (Wildman–Crippen MR) is 90.1 cm³/mol. The molecule has 2 nitrogen and oxygen atoms in total. The second-order valence-electron chi connectivity index (χ2n) is 4.60. The number of ether oxygens (including phenoxy) is 1. The summed E-state index contributed by atoms with van der Waals surface area (Å²) in [5.41, 5.74) is 1.98. The summed E-state index contributed by atoms with van der Waals surface area (Å²) in [6.07, 6.45) is 1.55. The molecule has 0 aliphatic carbocycles. The Morgan fingerprint density at radius 2 is 1.76 bits per heavy atom. The molecule has 2 aromatic carbocycles. The molecule has 6 heteroatoms. The van der Waals surface area contributed by atoms with E-state index in [4.69, 9.17) is 16.3 Å². The minimum absolute atomic E-state index is 0. The van der Waals surface area contributed by atoms with Gasteiger partial charge in [0.05, 0.1) is 0 Å². The molecule has 0 N–H and O–H groups in total. The molecule has 0 radical (unpaired) electrons. The largest absolute Gasteiger partial charge is 2.00 e. The van der Waals surface area contributed by atoms with Gasteiger partial charge in [-0.3, -0.25) is 8.78 Å². The summed E-state index contributed by atoms with van der Waals surface area (Å²) in [5.74, 6) is -1.29. The average Bonchev–Trinajstić information content (AvgIpc) is 2.63. The fourth-order valence-corrected chi connectivity index (χ4v) is 1.96. The molecule has 0 aliphatic heterocycles. The van der Waals surface area contributed by atoms with Crippen molar-refractivity contribution in [2.45, 2.75) is 0 Å². The maximum Gasteiger partial charge on any atom is 2.00 e. The number of pyridine rings is 1. The van der Waals surface area contributed by atoms with Crippen LogP contribution in [0.4, 0.5) is 8.78 Å². The first-order valence-electron chi connectivity index (χ1n) is 7.02. The Bertz CT molecular complexity index is 760. The quantitative estimate of drug-likeness (QED) is 0.424. The maximum absolute atomic E-state index is 13.2. The van der Waals surface area contributed by atoms with Gasteiger partial charge in [-0.15, -0.1) is 41.4 Å². The molecular formula is C19H14ClF2NOPt. The Morgan fingerprint density at radius 3 is 2.32 bits per heavy atom. The average molecular weight is 541 g/mol. The van der Waals surface area contributed by atoms with E-state index in [-0.39, 0.29) is 26.6 Å². The van der Waals surface area contributed by atoms with Gasteiger partial charge in [0, 0.05) is 30.5 Å². The number of aromatic nitrogens is 1. The molecule has 0 spiro atoms. The van der Waals surface area contributed by atoms with Gasteiger partial charge in [0.15, 0.2) is 0 Å². The van der Waals surface area contributed by atoms with Crippen LogP contribution in [0.15, 0.2) is 66.9 Å². The topological polar surface area (TPSA) is 22.1 Å². The number of halogens is 3. The SMILES string of the molecule is CO[C-](Cl)c1ccccc1.Fc1c[c-]c(-c2ccccn2)c(F)c1.[Pt+2]. The number of hydrogen-bond acceptors (Lipinski definition) is 2. The van der Waals surface area contributed by atoms with Gasteiger partial charge in [-0.25, -0.2) is 0 Å². The molecule has 1 aromatic heterocycles. The summed E-state index contributed by atoms with van der Waals surface area (Å²) < 4.78 is 30.6. The smallest absolute Gasteiger partial charge is 0.398 e. The number of methoxy groups -OCH3 is 1. The van der Waals surface area contributed by atoms with Crippen molar-refractivity contribution < 1.29 is 34.6 Å². The molecule has 132 valence electrons. The fraction of sp³-hybridized carbons (Fsp3) is 0.0526. The van der Waals surface area contributed by atoms with Gasteiger partial charge < -0.3 is 9.72 Å². The molecular weight excluding hydrogens is 527 g/mol. The Morgan fingerprint density at radius 1 is 1.08 bits per heavy atom. The third kappa shape index (κ3) is 6.58. The van der Waals surface area contributed by atoms with Crippen LogP contribution in [0, 0.1) is 23.3 Å². The first kappa shape index (κ1) is 21.3. The molecule has 0 amide bonds. The molecule has 0 atom stereocenters. The van der Waals surface area contributed by atoms with Gasteiger partial charge in [0.2, 0.25) is 0 Å². The summed E-state index contributed by atoms with van der Waals surface area (Å²) in [6.45, 7) is 0. The molecule has 1 heterocycles. The van der Waals surface area contributed by atoms with Crippen LogP contribution in [0.2, 0.25) is 0 Å². The van der Waals surface area contributed by atoms with Crippen LogP contribution in [-0.2, 0) is 25.8 Å². The first-order chi connectivity index (χ1) is 11.6. The minimum Gasteiger partial charge on any atom is -0.398 e. The zero-order valence-corrected chi connectivity index (χ0v) is 16.2. The normalized spacial score (nSPS) is 9.44. The predicted octanol–water partition coefficient (Wildman–Crippen LogP) is 5.23. The summed E-state index contributed by atoms with van der Waals surface area (Å²) in [6, 6.07) is 19.1. The first-order valence-corrected chi connectivity index (χ1v) is 7.39. The monoisotopic (exact) mass is 540 g/mol. The van der Waals surface area contributed by atoms with Crippen LogP contribution < -0.4 is 0 Å². The molecule has 0 aliphatic rings. The van der Waals surface area contributed by atoms with Crippen LogP contribution in [0.3, 0.4) is 0 Å². The maximum atomic E-state index is 13.2. The summed E-state index contributed by atoms with van der Waals surface area (Å²) >= 11 is 5.69. The number of nitrogens with zero attached hydrogens (tertiary/aromatic N) is 1. The van der Waals surface area contributed by atoms with Crippen molar-refractivity contribution in [3.8, 4) is 11.3 Å². The zero-order valence-electron chi connectivity index (χ0n) is 13.2. The second-order valence-corrected chi connectivity index (χ2v) is 4.94. The van der Waals surface area contributed by atoms with Crippen LogP contribution >= 0.6 is 11.6 Å². The van der Waals surface area contributed by atoms with Crippen LogP contribution in [0.25, 0.3) is 11.3 Å². The van der Waals surface area contributed by atoms with Crippen molar-refractivity contribution in [3.63, 3.8) is 0 Å². The van der Waals surface area contributed by atoms with Gasteiger partial charge in [0.25, 0.3) is 0 Å². The van der Waals surface area contributed by atoms with E-state index in [0.29, 0.717) is 11.3 Å². The third-order valence-corrected chi connectivity index (χ3v) is 3.33. The van der Waals surface area contributed by atoms with E-state index in [1.54, 1.807) is 31.5 Å². The van der Waals surface area contributed by atoms with Crippen LogP contribution in [0.5, 0.6) is 0 Å². The third-order valence-electron chi connectivity index (χ3n) is 2.96. The van der Waals surface area contributed by atoms with Crippen molar-refractivity contribution in [2.75, 3.05) is 7.11 Å². The molecule has 0 unspecified atom stereocenters.